The van der Waals surface area contributed by atoms with Crippen LogP contribution in [0.2, 0.25) is 0 Å². The third kappa shape index (κ3) is 8.71. The van der Waals surface area contributed by atoms with E-state index in [2.05, 4.69) is 297 Å². The van der Waals surface area contributed by atoms with Gasteiger partial charge in [0.05, 0.1) is 11.4 Å². The highest BCUT2D eigenvalue weighted by atomic mass is 15.2. The normalized spacial score (nSPS) is 15.7. The molecule has 1 atom stereocenters. The van der Waals surface area contributed by atoms with Crippen molar-refractivity contribution in [1.82, 2.24) is 0 Å². The van der Waals surface area contributed by atoms with Crippen LogP contribution in [0.25, 0.3) is 49.7 Å². The molecule has 1 heterocycles. The average Bonchev–Trinajstić information content (AvgIpc) is 3.66. The summed E-state index contributed by atoms with van der Waals surface area (Å²) in [5.41, 5.74) is 21.9. The molecule has 2 heteroatoms. The highest BCUT2D eigenvalue weighted by Crippen LogP contribution is 2.57. The van der Waals surface area contributed by atoms with E-state index in [-0.39, 0.29) is 21.7 Å². The van der Waals surface area contributed by atoms with Gasteiger partial charge in [0.2, 0.25) is 0 Å². The van der Waals surface area contributed by atoms with E-state index in [1.807, 2.05) is 0 Å². The summed E-state index contributed by atoms with van der Waals surface area (Å²) in [6.07, 6.45) is 5.63. The summed E-state index contributed by atoms with van der Waals surface area (Å²) in [6, 6.07) is 77.4. The number of allylic oxidation sites excluding steroid dienone is 4. The smallest absolute Gasteiger partial charge is 0.0543 e. The van der Waals surface area contributed by atoms with Crippen LogP contribution >= 0.6 is 0 Å². The van der Waals surface area contributed by atoms with Crippen LogP contribution in [0.15, 0.2) is 224 Å². The summed E-state index contributed by atoms with van der Waals surface area (Å²) < 4.78 is 0. The van der Waals surface area contributed by atoms with Crippen molar-refractivity contribution in [1.29, 1.82) is 0 Å². The van der Waals surface area contributed by atoms with Crippen molar-refractivity contribution in [3.05, 3.63) is 252 Å². The minimum absolute atomic E-state index is 0.0167. The zero-order valence-electron chi connectivity index (χ0n) is 44.4. The fourth-order valence-electron chi connectivity index (χ4n) is 11.4. The molecule has 362 valence electrons. The minimum Gasteiger partial charge on any atom is -0.313 e. The first-order chi connectivity index (χ1) is 35.0. The third-order valence-corrected chi connectivity index (χ3v) is 15.5. The summed E-state index contributed by atoms with van der Waals surface area (Å²) in [4.78, 5) is 5.03. The molecule has 0 radical (unpaired) electrons. The monoisotopic (exact) mass is 949 g/mol. The van der Waals surface area contributed by atoms with Gasteiger partial charge in [-0.1, -0.05) is 232 Å². The Morgan fingerprint density at radius 2 is 1.01 bits per heavy atom. The molecule has 1 aliphatic heterocycles. The Hall–Kier alpha value is -7.68. The number of hydrogen-bond acceptors (Lipinski definition) is 2. The number of fused-ring (bicyclic) bond motifs is 4. The van der Waals surface area contributed by atoms with E-state index in [1.54, 1.807) is 0 Å². The van der Waals surface area contributed by atoms with E-state index in [4.69, 9.17) is 0 Å². The van der Waals surface area contributed by atoms with Gasteiger partial charge in [0.15, 0.2) is 0 Å². The fourth-order valence-corrected chi connectivity index (χ4v) is 11.4. The van der Waals surface area contributed by atoms with Crippen LogP contribution in [0.5, 0.6) is 0 Å². The van der Waals surface area contributed by atoms with Gasteiger partial charge in [-0.3, -0.25) is 0 Å². The Labute approximate surface area is 435 Å². The molecule has 0 amide bonds. The van der Waals surface area contributed by atoms with E-state index >= 15 is 0 Å². The Morgan fingerprint density at radius 3 is 1.71 bits per heavy atom. The molecule has 0 aromatic heterocycles. The molecule has 73 heavy (non-hydrogen) atoms. The van der Waals surface area contributed by atoms with Gasteiger partial charge < -0.3 is 9.80 Å². The second-order valence-corrected chi connectivity index (χ2v) is 23.7. The van der Waals surface area contributed by atoms with Gasteiger partial charge in [-0.2, -0.15) is 0 Å². The van der Waals surface area contributed by atoms with Crippen LogP contribution < -0.4 is 9.80 Å². The lowest BCUT2D eigenvalue weighted by Crippen LogP contribution is -2.28. The third-order valence-electron chi connectivity index (χ3n) is 15.5. The Balaban J connectivity index is 1.14. The van der Waals surface area contributed by atoms with Gasteiger partial charge in [0.1, 0.15) is 0 Å². The second kappa shape index (κ2) is 18.1. The van der Waals surface area contributed by atoms with E-state index < -0.39 is 0 Å². The molecule has 9 aromatic carbocycles. The molecule has 2 nitrogen and oxygen atoms in total. The van der Waals surface area contributed by atoms with Crippen molar-refractivity contribution >= 4 is 44.8 Å². The summed E-state index contributed by atoms with van der Waals surface area (Å²) in [7, 11) is 0. The fraction of sp³-hybridized carbons (Fsp3) is 0.211. The van der Waals surface area contributed by atoms with E-state index in [0.717, 1.165) is 23.5 Å². The second-order valence-electron chi connectivity index (χ2n) is 23.7. The van der Waals surface area contributed by atoms with Crippen molar-refractivity contribution in [3.63, 3.8) is 0 Å². The lowest BCUT2D eigenvalue weighted by atomic mass is 9.72. The largest absolute Gasteiger partial charge is 0.313 e. The molecule has 11 rings (SSSR count). The summed E-state index contributed by atoms with van der Waals surface area (Å²) in [5, 5.41) is 2.48. The number of nitrogens with zero attached hydrogens (tertiary/aromatic N) is 2. The molecular formula is C71H68N2. The molecule has 0 saturated carbocycles. The molecule has 0 fully saturated rings. The van der Waals surface area contributed by atoms with Crippen LogP contribution in [0, 0.1) is 0 Å². The quantitative estimate of drug-likeness (QED) is 0.150. The molecular weight excluding hydrogens is 881 g/mol. The van der Waals surface area contributed by atoms with Crippen LogP contribution in [0.3, 0.4) is 0 Å². The lowest BCUT2D eigenvalue weighted by molar-refractivity contribution is 0.569. The minimum atomic E-state index is -0.216. The first-order valence-corrected chi connectivity index (χ1v) is 26.2. The van der Waals surface area contributed by atoms with Crippen molar-refractivity contribution in [2.24, 2.45) is 0 Å². The number of rotatable bonds is 8. The number of anilines is 5. The van der Waals surface area contributed by atoms with Crippen molar-refractivity contribution in [3.8, 4) is 33.4 Å². The zero-order chi connectivity index (χ0) is 50.9. The standard InChI is InChI=1S/C71H68N2/c1-68(2,3)53-39-40-58(48-24-13-11-14-25-48)65(46-53)72(57-31-21-28-50(44-57)51-38-41-66-71(10,47-51)62-35-18-20-37-64(62)73(66)56-29-15-12-16-30-56)63-36-19-17-32-60(63)61-34-23-27-49-26-22-33-59(67(49)61)52-42-54(69(4,5)6)45-55(43-52)70(7,8)9/h11-46H,47H2,1-10H3. The van der Waals surface area contributed by atoms with E-state index in [1.165, 1.54) is 94.6 Å². The lowest BCUT2D eigenvalue weighted by Gasteiger charge is -2.35. The Bertz CT molecular complexity index is 3570. The predicted octanol–water partition coefficient (Wildman–Crippen LogP) is 20.0. The van der Waals surface area contributed by atoms with Gasteiger partial charge in [-0.25, -0.2) is 0 Å². The molecule has 0 spiro atoms. The molecule has 0 bridgehead atoms. The van der Waals surface area contributed by atoms with E-state index in [9.17, 15) is 0 Å². The zero-order valence-corrected chi connectivity index (χ0v) is 44.4. The molecule has 1 aliphatic carbocycles. The molecule has 0 N–H and O–H groups in total. The average molecular weight is 949 g/mol. The summed E-state index contributed by atoms with van der Waals surface area (Å²) >= 11 is 0. The summed E-state index contributed by atoms with van der Waals surface area (Å²) in [5.74, 6) is 0. The van der Waals surface area contributed by atoms with Crippen LogP contribution in [0.4, 0.5) is 28.4 Å². The molecule has 9 aromatic rings. The highest BCUT2D eigenvalue weighted by molar-refractivity contribution is 6.09. The Kier molecular flexibility index (Phi) is 11.8. The molecule has 1 unspecified atom stereocenters. The van der Waals surface area contributed by atoms with Crippen LogP contribution in [-0.2, 0) is 21.7 Å². The number of benzene rings is 9. The first-order valence-electron chi connectivity index (χ1n) is 26.2. The van der Waals surface area contributed by atoms with Crippen molar-refractivity contribution < 1.29 is 0 Å². The van der Waals surface area contributed by atoms with Gasteiger partial charge in [0.25, 0.3) is 0 Å². The maximum atomic E-state index is 2.56. The first kappa shape index (κ1) is 47.6. The predicted molar refractivity (Wildman–Crippen MR) is 314 cm³/mol. The van der Waals surface area contributed by atoms with Gasteiger partial charge >= 0.3 is 0 Å². The summed E-state index contributed by atoms with van der Waals surface area (Å²) in [6.45, 7) is 23.4. The highest BCUT2D eigenvalue weighted by Gasteiger charge is 2.46. The maximum Gasteiger partial charge on any atom is 0.0543 e. The van der Waals surface area contributed by atoms with Crippen LogP contribution in [0.1, 0.15) is 103 Å². The number of hydrogen-bond donors (Lipinski definition) is 0. The number of para-hydroxylation sites is 3. The Morgan fingerprint density at radius 1 is 0.425 bits per heavy atom. The van der Waals surface area contributed by atoms with Crippen LogP contribution in [-0.4, -0.2) is 0 Å². The van der Waals surface area contributed by atoms with Crippen molar-refractivity contribution in [2.75, 3.05) is 9.80 Å². The van der Waals surface area contributed by atoms with Gasteiger partial charge in [-0.05, 0) is 145 Å². The van der Waals surface area contributed by atoms with Crippen molar-refractivity contribution in [2.45, 2.75) is 97.3 Å². The van der Waals surface area contributed by atoms with Gasteiger partial charge in [0, 0.05) is 39.3 Å². The topological polar surface area (TPSA) is 6.48 Å². The molecule has 2 aliphatic rings. The van der Waals surface area contributed by atoms with Gasteiger partial charge in [-0.15, -0.1) is 0 Å². The van der Waals surface area contributed by atoms with E-state index in [0.29, 0.717) is 0 Å². The SMILES string of the molecule is CC(C)(C)c1cc(-c2cccc3cccc(-c4ccccc4N(c4cccc(C5=CC=C6N(c7ccccc7)c7ccccc7C6(C)C5)c4)c4cc(C(C)(C)C)ccc4-c4ccccc4)c23)cc(C(C)(C)C)c1. The molecule has 0 saturated heterocycles. The maximum absolute atomic E-state index is 2.56.